The van der Waals surface area contributed by atoms with Crippen molar-refractivity contribution in [3.8, 4) is 22.6 Å². The normalized spacial score (nSPS) is 10.7. The van der Waals surface area contributed by atoms with E-state index < -0.39 is 8.07 Å². The van der Waals surface area contributed by atoms with Gasteiger partial charge in [-0.1, -0.05) is 73.6 Å². The van der Waals surface area contributed by atoms with Crippen LogP contribution in [0.4, 0.5) is 0 Å². The van der Waals surface area contributed by atoms with Crippen molar-refractivity contribution < 1.29 is 0 Å². The minimum absolute atomic E-state index is 0.768. The van der Waals surface area contributed by atoms with Gasteiger partial charge in [0, 0.05) is 16.1 Å². The monoisotopic (exact) mass is 284 g/mol. The van der Waals surface area contributed by atoms with E-state index >= 15 is 0 Å². The maximum Gasteiger partial charge on any atom is 0.129 e. The van der Waals surface area contributed by atoms with Gasteiger partial charge in [-0.25, -0.2) is 0 Å². The van der Waals surface area contributed by atoms with Crippen molar-refractivity contribution in [2.24, 2.45) is 0 Å². The van der Waals surface area contributed by atoms with Crippen molar-refractivity contribution >= 4 is 19.7 Å². The van der Waals surface area contributed by atoms with Gasteiger partial charge in [-0.05, 0) is 17.7 Å². The lowest BCUT2D eigenvalue weighted by Gasteiger charge is -2.08. The zero-order valence-corrected chi connectivity index (χ0v) is 13.3. The minimum Gasteiger partial charge on any atom is -0.127 e. The molecule has 0 aliphatic heterocycles. The second-order valence-corrected chi connectivity index (χ2v) is 10.7. The van der Waals surface area contributed by atoms with Crippen LogP contribution in [-0.4, -0.2) is 8.07 Å². The molecule has 0 spiro atoms. The first-order chi connectivity index (χ1) is 8.97. The summed E-state index contributed by atoms with van der Waals surface area (Å²) in [4.78, 5) is 0. The number of halogens is 1. The zero-order chi connectivity index (χ0) is 13.9. The summed E-state index contributed by atoms with van der Waals surface area (Å²) >= 11 is 6.28. The number of hydrogen-bond acceptors (Lipinski definition) is 0. The van der Waals surface area contributed by atoms with E-state index in [0.717, 1.165) is 21.7 Å². The fourth-order valence-electron chi connectivity index (χ4n) is 1.76. The molecule has 2 heteroatoms. The molecule has 0 nitrogen and oxygen atoms in total. The Kier molecular flexibility index (Phi) is 4.14. The Bertz CT molecular complexity index is 642. The summed E-state index contributed by atoms with van der Waals surface area (Å²) in [5, 5.41) is 0.768. The molecule has 0 saturated carbocycles. The van der Waals surface area contributed by atoms with Crippen molar-refractivity contribution in [3.05, 3.63) is 59.1 Å². The van der Waals surface area contributed by atoms with Crippen LogP contribution in [-0.2, 0) is 0 Å². The molecule has 19 heavy (non-hydrogen) atoms. The summed E-state index contributed by atoms with van der Waals surface area (Å²) in [6.07, 6.45) is 0. The molecule has 0 unspecified atom stereocenters. The van der Waals surface area contributed by atoms with Crippen LogP contribution < -0.4 is 0 Å². The van der Waals surface area contributed by atoms with Crippen LogP contribution >= 0.6 is 11.6 Å². The molecule has 0 saturated heterocycles. The molecule has 0 bridgehead atoms. The van der Waals surface area contributed by atoms with Crippen molar-refractivity contribution in [2.75, 3.05) is 0 Å². The Hall–Kier alpha value is -1.49. The topological polar surface area (TPSA) is 0 Å². The molecular formula is C17H17ClSi. The van der Waals surface area contributed by atoms with E-state index in [9.17, 15) is 0 Å². The molecule has 0 atom stereocenters. The first-order valence-corrected chi connectivity index (χ1v) is 10.2. The molecule has 0 amide bonds. The van der Waals surface area contributed by atoms with Gasteiger partial charge >= 0.3 is 0 Å². The molecule has 0 aliphatic rings. The Balaban J connectivity index is 2.54. The van der Waals surface area contributed by atoms with E-state index in [0.29, 0.717) is 0 Å². The molecule has 2 aromatic rings. The average Bonchev–Trinajstić information content (AvgIpc) is 2.37. The predicted octanol–water partition coefficient (Wildman–Crippen LogP) is 5.24. The lowest BCUT2D eigenvalue weighted by atomic mass is 10.0. The van der Waals surface area contributed by atoms with Gasteiger partial charge in [0.1, 0.15) is 8.07 Å². The standard InChI is InChI=1S/C17H17ClSi/c1-19(2,3)13-12-14-8-4-5-9-15(14)16-10-6-7-11-17(16)18/h4-11H,1-3H3. The zero-order valence-electron chi connectivity index (χ0n) is 11.5. The third-order valence-electron chi connectivity index (χ3n) is 2.66. The van der Waals surface area contributed by atoms with Crippen LogP contribution in [0.25, 0.3) is 11.1 Å². The van der Waals surface area contributed by atoms with Gasteiger partial charge in [-0.3, -0.25) is 0 Å². The summed E-state index contributed by atoms with van der Waals surface area (Å²) in [6.45, 7) is 6.74. The van der Waals surface area contributed by atoms with Crippen LogP contribution in [0.1, 0.15) is 5.56 Å². The molecule has 2 aromatic carbocycles. The van der Waals surface area contributed by atoms with Crippen LogP contribution in [0.15, 0.2) is 48.5 Å². The molecule has 2 rings (SSSR count). The minimum atomic E-state index is -1.37. The highest BCUT2D eigenvalue weighted by atomic mass is 35.5. The SMILES string of the molecule is C[Si](C)(C)C#Cc1ccccc1-c1ccccc1Cl. The van der Waals surface area contributed by atoms with Gasteiger partial charge in [0.15, 0.2) is 0 Å². The summed E-state index contributed by atoms with van der Waals surface area (Å²) in [5.74, 6) is 3.33. The van der Waals surface area contributed by atoms with Crippen LogP contribution in [0, 0.1) is 11.5 Å². The van der Waals surface area contributed by atoms with Crippen molar-refractivity contribution in [1.29, 1.82) is 0 Å². The maximum atomic E-state index is 6.28. The Labute approximate surface area is 121 Å². The largest absolute Gasteiger partial charge is 0.129 e. The molecule has 0 aromatic heterocycles. The van der Waals surface area contributed by atoms with Gasteiger partial charge in [0.2, 0.25) is 0 Å². The molecule has 0 fully saturated rings. The van der Waals surface area contributed by atoms with Gasteiger partial charge < -0.3 is 0 Å². The molecular weight excluding hydrogens is 268 g/mol. The fraction of sp³-hybridized carbons (Fsp3) is 0.176. The Morgan fingerprint density at radius 2 is 1.42 bits per heavy atom. The highest BCUT2D eigenvalue weighted by Crippen LogP contribution is 2.29. The van der Waals surface area contributed by atoms with Crippen LogP contribution in [0.5, 0.6) is 0 Å². The van der Waals surface area contributed by atoms with E-state index in [-0.39, 0.29) is 0 Å². The Morgan fingerprint density at radius 3 is 2.05 bits per heavy atom. The lowest BCUT2D eigenvalue weighted by molar-refractivity contribution is 1.58. The van der Waals surface area contributed by atoms with Gasteiger partial charge in [-0.15, -0.1) is 5.54 Å². The summed E-state index contributed by atoms with van der Waals surface area (Å²) in [5.41, 5.74) is 6.62. The number of rotatable bonds is 1. The highest BCUT2D eigenvalue weighted by molar-refractivity contribution is 6.83. The summed E-state index contributed by atoms with van der Waals surface area (Å²) < 4.78 is 0. The fourth-order valence-corrected chi connectivity index (χ4v) is 2.51. The van der Waals surface area contributed by atoms with E-state index in [1.807, 2.05) is 36.4 Å². The van der Waals surface area contributed by atoms with E-state index in [4.69, 9.17) is 11.6 Å². The van der Waals surface area contributed by atoms with Crippen LogP contribution in [0.3, 0.4) is 0 Å². The number of hydrogen-bond donors (Lipinski definition) is 0. The molecule has 0 radical (unpaired) electrons. The molecule has 0 aliphatic carbocycles. The van der Waals surface area contributed by atoms with Gasteiger partial charge in [-0.2, -0.15) is 0 Å². The van der Waals surface area contributed by atoms with Crippen molar-refractivity contribution in [3.63, 3.8) is 0 Å². The third-order valence-corrected chi connectivity index (χ3v) is 3.87. The smallest absolute Gasteiger partial charge is 0.127 e. The summed E-state index contributed by atoms with van der Waals surface area (Å²) in [6, 6.07) is 16.1. The first kappa shape index (κ1) is 13.9. The Morgan fingerprint density at radius 1 is 0.842 bits per heavy atom. The second kappa shape index (κ2) is 5.65. The quantitative estimate of drug-likeness (QED) is 0.496. The molecule has 0 heterocycles. The van der Waals surface area contributed by atoms with Crippen LogP contribution in [0.2, 0.25) is 24.7 Å². The maximum absolute atomic E-state index is 6.28. The highest BCUT2D eigenvalue weighted by Gasteiger charge is 2.09. The third kappa shape index (κ3) is 3.73. The number of benzene rings is 2. The average molecular weight is 285 g/mol. The van der Waals surface area contributed by atoms with E-state index in [2.05, 4.69) is 43.2 Å². The van der Waals surface area contributed by atoms with Gasteiger partial charge in [0.05, 0.1) is 0 Å². The first-order valence-electron chi connectivity index (χ1n) is 6.34. The molecule has 0 N–H and O–H groups in total. The van der Waals surface area contributed by atoms with E-state index in [1.165, 1.54) is 0 Å². The second-order valence-electron chi connectivity index (χ2n) is 5.53. The van der Waals surface area contributed by atoms with Gasteiger partial charge in [0.25, 0.3) is 0 Å². The predicted molar refractivity (Wildman–Crippen MR) is 87.1 cm³/mol. The summed E-state index contributed by atoms with van der Waals surface area (Å²) in [7, 11) is -1.37. The van der Waals surface area contributed by atoms with Crippen molar-refractivity contribution in [1.82, 2.24) is 0 Å². The van der Waals surface area contributed by atoms with Crippen molar-refractivity contribution in [2.45, 2.75) is 19.6 Å². The lowest BCUT2D eigenvalue weighted by Crippen LogP contribution is -2.16. The van der Waals surface area contributed by atoms with E-state index in [1.54, 1.807) is 0 Å². The molecule has 96 valence electrons.